The molecule has 0 heterocycles. The van der Waals surface area contributed by atoms with Crippen molar-refractivity contribution < 1.29 is 53.8 Å². The molecule has 6 heteroatoms. The maximum Gasteiger partial charge on any atom is 1.00 e. The zero-order valence-corrected chi connectivity index (χ0v) is 11.1. The summed E-state index contributed by atoms with van der Waals surface area (Å²) in [6.45, 7) is 4.45. The minimum absolute atomic E-state index is 0. The summed E-state index contributed by atoms with van der Waals surface area (Å²) >= 11 is -4.01. The van der Waals surface area contributed by atoms with Crippen molar-refractivity contribution in [2.45, 2.75) is 13.8 Å². The van der Waals surface area contributed by atoms with E-state index in [1.54, 1.807) is 0 Å². The molecule has 0 aromatic carbocycles. The van der Waals surface area contributed by atoms with Crippen LogP contribution in [0.4, 0.5) is 0 Å². The van der Waals surface area contributed by atoms with Gasteiger partial charge in [0.25, 0.3) is 21.1 Å². The van der Waals surface area contributed by atoms with E-state index in [1.807, 2.05) is 0 Å². The molecule has 0 aliphatic rings. The molecule has 0 amide bonds. The molecule has 0 bridgehead atoms. The van der Waals surface area contributed by atoms with Crippen LogP contribution >= 0.6 is 8.58 Å². The van der Waals surface area contributed by atoms with Crippen LogP contribution in [0.25, 0.3) is 0 Å². The van der Waals surface area contributed by atoms with E-state index in [2.05, 4.69) is 13.8 Å². The average Bonchev–Trinajstić information content (AvgIpc) is 1.66. The van der Waals surface area contributed by atoms with Gasteiger partial charge in [-0.15, -0.1) is 8.58 Å². The van der Waals surface area contributed by atoms with Gasteiger partial charge in [-0.3, -0.25) is 0 Å². The molecule has 0 atom stereocenters. The van der Waals surface area contributed by atoms with E-state index in [0.717, 1.165) is 0 Å². The standard InChI is InChI=1S/C4H11P.Au.IO3/c1-3-5-4-2;;2-1(3)4/h5H,3-4H2,1-2H3;;/q;+1;-1. The summed E-state index contributed by atoms with van der Waals surface area (Å²) in [6, 6.07) is 0. The van der Waals surface area contributed by atoms with Crippen LogP contribution < -0.4 is 31.4 Å². The second-order valence-electron chi connectivity index (χ2n) is 1.15. The predicted molar refractivity (Wildman–Crippen MR) is 29.4 cm³/mol. The fraction of sp³-hybridized carbons (Fsp3) is 1.00. The molecule has 3 nitrogen and oxygen atoms in total. The maximum atomic E-state index is 8.57. The Morgan fingerprint density at radius 2 is 1.30 bits per heavy atom. The molecule has 0 saturated carbocycles. The van der Waals surface area contributed by atoms with E-state index in [0.29, 0.717) is 0 Å². The number of rotatable bonds is 2. The minimum atomic E-state index is -4.01. The predicted octanol–water partition coefficient (Wildman–Crippen LogP) is -4.86. The van der Waals surface area contributed by atoms with Gasteiger partial charge in [-0.2, -0.15) is 0 Å². The van der Waals surface area contributed by atoms with Crippen molar-refractivity contribution in [1.82, 2.24) is 0 Å². The first-order valence-electron chi connectivity index (χ1n) is 2.58. The van der Waals surface area contributed by atoms with Gasteiger partial charge in [0.1, 0.15) is 0 Å². The summed E-state index contributed by atoms with van der Waals surface area (Å²) < 4.78 is 25.7. The minimum Gasteiger partial charge on any atom is -0.427 e. The van der Waals surface area contributed by atoms with Crippen LogP contribution in [-0.4, -0.2) is 12.3 Å². The van der Waals surface area contributed by atoms with Gasteiger partial charge in [-0.05, 0) is 12.3 Å². The SMILES string of the molecule is CCPCC.[Au+].[O-][I+2]([O-])[O-]. The Kier molecular flexibility index (Phi) is 30.3. The van der Waals surface area contributed by atoms with Gasteiger partial charge in [0.15, 0.2) is 0 Å². The van der Waals surface area contributed by atoms with E-state index in [9.17, 15) is 0 Å². The second kappa shape index (κ2) is 17.0. The topological polar surface area (TPSA) is 69.2 Å². The molecule has 0 saturated heterocycles. The van der Waals surface area contributed by atoms with E-state index >= 15 is 0 Å². The third-order valence-electron chi connectivity index (χ3n) is 0.500. The molecule has 68 valence electrons. The molecule has 0 aromatic rings. The molecule has 0 aromatic heterocycles. The summed E-state index contributed by atoms with van der Waals surface area (Å²) in [5, 5.41) is 0. The Morgan fingerprint density at radius 3 is 1.30 bits per heavy atom. The van der Waals surface area contributed by atoms with Crippen molar-refractivity contribution in [1.29, 1.82) is 0 Å². The first-order chi connectivity index (χ1) is 4.15. The molecule has 0 aliphatic heterocycles. The van der Waals surface area contributed by atoms with Crippen LogP contribution in [0.3, 0.4) is 0 Å². The summed E-state index contributed by atoms with van der Waals surface area (Å²) in [4.78, 5) is 0. The van der Waals surface area contributed by atoms with Crippen molar-refractivity contribution in [2.24, 2.45) is 0 Å². The molecule has 0 rings (SSSR count). The van der Waals surface area contributed by atoms with Gasteiger partial charge < -0.3 is 10.3 Å². The fourth-order valence-corrected chi connectivity index (χ4v) is 0.750. The van der Waals surface area contributed by atoms with Crippen molar-refractivity contribution in [3.63, 3.8) is 0 Å². The zero-order chi connectivity index (χ0) is 7.70. The van der Waals surface area contributed by atoms with Gasteiger partial charge in [-0.25, -0.2) is 0 Å². The Morgan fingerprint density at radius 1 is 1.10 bits per heavy atom. The van der Waals surface area contributed by atoms with Crippen LogP contribution in [0, 0.1) is 0 Å². The zero-order valence-electron chi connectivity index (χ0n) is 5.82. The molecule has 0 unspecified atom stereocenters. The van der Waals surface area contributed by atoms with E-state index in [1.165, 1.54) is 20.9 Å². The van der Waals surface area contributed by atoms with Gasteiger partial charge in [0, 0.05) is 0 Å². The Bertz CT molecular complexity index is 44.7. The van der Waals surface area contributed by atoms with Gasteiger partial charge in [0.2, 0.25) is 0 Å². The van der Waals surface area contributed by atoms with E-state index in [-0.39, 0.29) is 22.4 Å². The van der Waals surface area contributed by atoms with Crippen LogP contribution in [0.1, 0.15) is 13.8 Å². The van der Waals surface area contributed by atoms with Gasteiger partial charge in [0.05, 0.1) is 0 Å². The molecule has 10 heavy (non-hydrogen) atoms. The van der Waals surface area contributed by atoms with Crippen molar-refractivity contribution in [3.05, 3.63) is 0 Å². The summed E-state index contributed by atoms with van der Waals surface area (Å²) in [6.07, 6.45) is 2.74. The summed E-state index contributed by atoms with van der Waals surface area (Å²) in [7, 11) is 1.20. The van der Waals surface area contributed by atoms with E-state index < -0.39 is 21.1 Å². The van der Waals surface area contributed by atoms with E-state index in [4.69, 9.17) is 10.3 Å². The van der Waals surface area contributed by atoms with Crippen LogP contribution in [0.5, 0.6) is 0 Å². The number of hydrogen-bond donors (Lipinski definition) is 0. The largest absolute Gasteiger partial charge is 1.00 e. The first-order valence-corrected chi connectivity index (χ1v) is 6.64. The smallest absolute Gasteiger partial charge is 0.427 e. The normalized spacial score (nSPS) is 7.80. The monoisotopic (exact) mass is 462 g/mol. The van der Waals surface area contributed by atoms with Crippen LogP contribution in [0.15, 0.2) is 0 Å². The first kappa shape index (κ1) is 17.8. The molecule has 0 fully saturated rings. The molecular weight excluding hydrogens is 451 g/mol. The molecule has 0 N–H and O–H groups in total. The second-order valence-corrected chi connectivity index (χ2v) is 4.14. The third-order valence-corrected chi connectivity index (χ3v) is 1.50. The molecular formula is C4H11AuIO3P. The number of halogens is 1. The van der Waals surface area contributed by atoms with Crippen molar-refractivity contribution in [3.8, 4) is 0 Å². The Labute approximate surface area is 87.9 Å². The third kappa shape index (κ3) is 52.8. The van der Waals surface area contributed by atoms with Crippen LogP contribution in [0.2, 0.25) is 0 Å². The van der Waals surface area contributed by atoms with Crippen LogP contribution in [-0.2, 0) is 22.4 Å². The van der Waals surface area contributed by atoms with Gasteiger partial charge in [-0.1, -0.05) is 13.8 Å². The average molecular weight is 462 g/mol. The maximum absolute atomic E-state index is 8.57. The fourth-order valence-electron chi connectivity index (χ4n) is 0.250. The quantitative estimate of drug-likeness (QED) is 0.235. The summed E-state index contributed by atoms with van der Waals surface area (Å²) in [5.74, 6) is 0. The Balaban J connectivity index is -0.0000000910. The van der Waals surface area contributed by atoms with Crippen molar-refractivity contribution >= 4 is 8.58 Å². The number of hydrogen-bond acceptors (Lipinski definition) is 3. The van der Waals surface area contributed by atoms with Crippen molar-refractivity contribution in [2.75, 3.05) is 12.3 Å². The molecule has 0 aliphatic carbocycles. The summed E-state index contributed by atoms with van der Waals surface area (Å²) in [5.41, 5.74) is 0. The molecule has 0 spiro atoms. The van der Waals surface area contributed by atoms with Gasteiger partial charge >= 0.3 is 22.4 Å². The molecule has 0 radical (unpaired) electrons. The Hall–Kier alpha value is 1.78.